The van der Waals surface area contributed by atoms with Gasteiger partial charge in [-0.05, 0) is 40.8 Å². The van der Waals surface area contributed by atoms with Crippen molar-refractivity contribution in [3.05, 3.63) is 16.4 Å². The van der Waals surface area contributed by atoms with Crippen molar-refractivity contribution in [2.45, 2.75) is 32.4 Å². The Morgan fingerprint density at radius 2 is 2.40 bits per heavy atom. The van der Waals surface area contributed by atoms with Crippen LogP contribution in [0.4, 0.5) is 0 Å². The topological polar surface area (TPSA) is 38.0 Å². The summed E-state index contributed by atoms with van der Waals surface area (Å²) in [5.41, 5.74) is 0.908. The van der Waals surface area contributed by atoms with Crippen LogP contribution in [-0.2, 0) is 6.54 Å². The van der Waals surface area contributed by atoms with Crippen molar-refractivity contribution < 1.29 is 5.11 Å². The number of nitrogens with zero attached hydrogens (tertiary/aromatic N) is 2. The molecule has 1 heterocycles. The van der Waals surface area contributed by atoms with Gasteiger partial charge in [-0.3, -0.25) is 4.68 Å². The molecular weight excluding hydrogens is 276 g/mol. The van der Waals surface area contributed by atoms with Crippen LogP contribution in [-0.4, -0.2) is 26.9 Å². The van der Waals surface area contributed by atoms with Crippen LogP contribution >= 0.6 is 27.7 Å². The van der Waals surface area contributed by atoms with Gasteiger partial charge in [0.2, 0.25) is 0 Å². The number of aryl methyl sites for hydroxylation is 1. The van der Waals surface area contributed by atoms with Crippen LogP contribution in [0.1, 0.15) is 31.6 Å². The summed E-state index contributed by atoms with van der Waals surface area (Å²) in [4.78, 5) is 0. The van der Waals surface area contributed by atoms with E-state index in [0.29, 0.717) is 0 Å². The molecule has 0 aromatic carbocycles. The predicted octanol–water partition coefficient (Wildman–Crippen LogP) is 2.84. The van der Waals surface area contributed by atoms with E-state index in [9.17, 15) is 5.11 Å². The monoisotopic (exact) mass is 292 g/mol. The minimum atomic E-state index is -0.416. The average molecular weight is 293 g/mol. The highest BCUT2D eigenvalue weighted by Gasteiger charge is 2.16. The molecule has 1 unspecified atom stereocenters. The fourth-order valence-electron chi connectivity index (χ4n) is 1.46. The first-order valence-electron chi connectivity index (χ1n) is 5.08. The molecule has 15 heavy (non-hydrogen) atoms. The number of rotatable bonds is 6. The molecule has 0 spiro atoms. The number of aliphatic hydroxyl groups excluding tert-OH is 1. The Hall–Kier alpha value is -0.0000000000000000555. The third-order valence-corrected chi connectivity index (χ3v) is 3.43. The molecule has 1 aromatic rings. The highest BCUT2D eigenvalue weighted by molar-refractivity contribution is 9.10. The lowest BCUT2D eigenvalue weighted by molar-refractivity contribution is 0.162. The first-order valence-corrected chi connectivity index (χ1v) is 7.27. The molecule has 0 amide bonds. The van der Waals surface area contributed by atoms with Crippen molar-refractivity contribution in [3.8, 4) is 0 Å². The van der Waals surface area contributed by atoms with Gasteiger partial charge in [-0.2, -0.15) is 16.9 Å². The second-order valence-corrected chi connectivity index (χ2v) is 5.24. The Balaban J connectivity index is 2.75. The molecule has 1 N–H and O–H groups in total. The fourth-order valence-corrected chi connectivity index (χ4v) is 2.48. The molecule has 0 fully saturated rings. The van der Waals surface area contributed by atoms with Gasteiger partial charge in [0, 0.05) is 6.54 Å². The van der Waals surface area contributed by atoms with E-state index >= 15 is 0 Å². The zero-order valence-electron chi connectivity index (χ0n) is 9.11. The van der Waals surface area contributed by atoms with Gasteiger partial charge in [0.25, 0.3) is 0 Å². The Labute approximate surface area is 103 Å². The number of hydrogen-bond acceptors (Lipinski definition) is 3. The normalized spacial score (nSPS) is 13.1. The van der Waals surface area contributed by atoms with Crippen molar-refractivity contribution >= 4 is 27.7 Å². The van der Waals surface area contributed by atoms with E-state index in [0.717, 1.165) is 35.3 Å². The molecule has 0 aliphatic heterocycles. The molecule has 0 aliphatic carbocycles. The van der Waals surface area contributed by atoms with Crippen molar-refractivity contribution in [2.75, 3.05) is 12.0 Å². The zero-order chi connectivity index (χ0) is 11.3. The second-order valence-electron chi connectivity index (χ2n) is 3.40. The quantitative estimate of drug-likeness (QED) is 0.876. The van der Waals surface area contributed by atoms with E-state index < -0.39 is 6.10 Å². The van der Waals surface area contributed by atoms with Crippen LogP contribution in [0.2, 0.25) is 0 Å². The SMILES string of the molecule is CCCn1ncc(Br)c1C(O)CCSC. The van der Waals surface area contributed by atoms with E-state index in [-0.39, 0.29) is 0 Å². The van der Waals surface area contributed by atoms with Crippen molar-refractivity contribution in [1.82, 2.24) is 9.78 Å². The molecule has 3 nitrogen and oxygen atoms in total. The maximum atomic E-state index is 10.0. The van der Waals surface area contributed by atoms with E-state index in [4.69, 9.17) is 0 Å². The van der Waals surface area contributed by atoms with Crippen molar-refractivity contribution in [3.63, 3.8) is 0 Å². The number of thioether (sulfide) groups is 1. The largest absolute Gasteiger partial charge is 0.387 e. The smallest absolute Gasteiger partial charge is 0.0976 e. The highest BCUT2D eigenvalue weighted by Crippen LogP contribution is 2.26. The molecule has 0 bridgehead atoms. The Bertz CT molecular complexity index is 304. The Morgan fingerprint density at radius 3 is 3.00 bits per heavy atom. The Kier molecular flexibility index (Phi) is 5.71. The maximum Gasteiger partial charge on any atom is 0.0976 e. The summed E-state index contributed by atoms with van der Waals surface area (Å²) in [6.45, 7) is 2.96. The van der Waals surface area contributed by atoms with Gasteiger partial charge in [-0.25, -0.2) is 0 Å². The van der Waals surface area contributed by atoms with Gasteiger partial charge in [-0.15, -0.1) is 0 Å². The highest BCUT2D eigenvalue weighted by atomic mass is 79.9. The molecule has 0 saturated heterocycles. The molecule has 86 valence electrons. The molecule has 0 aliphatic rings. The molecule has 1 rings (SSSR count). The van der Waals surface area contributed by atoms with Crippen molar-refractivity contribution in [1.29, 1.82) is 0 Å². The molecule has 1 atom stereocenters. The first-order chi connectivity index (χ1) is 7.20. The second kappa shape index (κ2) is 6.55. The Morgan fingerprint density at radius 1 is 1.67 bits per heavy atom. The first kappa shape index (κ1) is 13.1. The summed E-state index contributed by atoms with van der Waals surface area (Å²) in [5, 5.41) is 14.3. The number of aromatic nitrogens is 2. The van der Waals surface area contributed by atoms with Gasteiger partial charge in [-0.1, -0.05) is 6.92 Å². The molecular formula is C10H17BrN2OS. The third-order valence-electron chi connectivity index (χ3n) is 2.18. The minimum Gasteiger partial charge on any atom is -0.387 e. The third kappa shape index (κ3) is 3.50. The van der Waals surface area contributed by atoms with Gasteiger partial charge >= 0.3 is 0 Å². The van der Waals surface area contributed by atoms with Crippen LogP contribution < -0.4 is 0 Å². The van der Waals surface area contributed by atoms with Crippen molar-refractivity contribution in [2.24, 2.45) is 0 Å². The predicted molar refractivity (Wildman–Crippen MR) is 68.2 cm³/mol. The average Bonchev–Trinajstić information content (AvgIpc) is 2.57. The minimum absolute atomic E-state index is 0.416. The van der Waals surface area contributed by atoms with E-state index in [1.54, 1.807) is 18.0 Å². The van der Waals surface area contributed by atoms with E-state index in [1.165, 1.54) is 0 Å². The lowest BCUT2D eigenvalue weighted by Gasteiger charge is -2.13. The number of hydrogen-bond donors (Lipinski definition) is 1. The lowest BCUT2D eigenvalue weighted by atomic mass is 10.2. The summed E-state index contributed by atoms with van der Waals surface area (Å²) >= 11 is 5.18. The number of halogens is 1. The van der Waals surface area contributed by atoms with E-state index in [2.05, 4.69) is 28.0 Å². The summed E-state index contributed by atoms with van der Waals surface area (Å²) in [7, 11) is 0. The standard InChI is InChI=1S/C10H17BrN2OS/c1-3-5-13-10(8(11)7-12-13)9(14)4-6-15-2/h7,9,14H,3-6H2,1-2H3. The summed E-state index contributed by atoms with van der Waals surface area (Å²) in [5.74, 6) is 0.963. The summed E-state index contributed by atoms with van der Waals surface area (Å²) in [6.07, 6.45) is 5.19. The van der Waals surface area contributed by atoms with E-state index in [1.807, 2.05) is 10.9 Å². The van der Waals surface area contributed by atoms with Gasteiger partial charge in [0.05, 0.1) is 22.5 Å². The van der Waals surface area contributed by atoms with Crippen LogP contribution in [0.3, 0.4) is 0 Å². The maximum absolute atomic E-state index is 10.0. The fraction of sp³-hybridized carbons (Fsp3) is 0.700. The van der Waals surface area contributed by atoms with Gasteiger partial charge < -0.3 is 5.11 Å². The van der Waals surface area contributed by atoms with Gasteiger partial charge in [0.1, 0.15) is 0 Å². The molecule has 0 radical (unpaired) electrons. The molecule has 5 heteroatoms. The summed E-state index contributed by atoms with van der Waals surface area (Å²) < 4.78 is 2.79. The molecule has 1 aromatic heterocycles. The zero-order valence-corrected chi connectivity index (χ0v) is 11.5. The van der Waals surface area contributed by atoms with Crippen LogP contribution in [0.15, 0.2) is 10.7 Å². The van der Waals surface area contributed by atoms with Crippen LogP contribution in [0.5, 0.6) is 0 Å². The summed E-state index contributed by atoms with van der Waals surface area (Å²) in [6, 6.07) is 0. The van der Waals surface area contributed by atoms with Crippen LogP contribution in [0.25, 0.3) is 0 Å². The lowest BCUT2D eigenvalue weighted by Crippen LogP contribution is -2.10. The van der Waals surface area contributed by atoms with Gasteiger partial charge in [0.15, 0.2) is 0 Å². The molecule has 0 saturated carbocycles. The number of aliphatic hydroxyl groups is 1. The van der Waals surface area contributed by atoms with Crippen LogP contribution in [0, 0.1) is 0 Å².